The molecule has 0 aromatic rings. The average molecular weight is 184 g/mol. The van der Waals surface area contributed by atoms with Crippen LogP contribution in [0, 0.1) is 0 Å². The first-order valence-corrected chi connectivity index (χ1v) is 5.53. The molecule has 0 aromatic heterocycles. The summed E-state index contributed by atoms with van der Waals surface area (Å²) in [5, 5.41) is 10.5. The Morgan fingerprint density at radius 3 is 1.92 bits per heavy atom. The van der Waals surface area contributed by atoms with E-state index in [1.807, 2.05) is 0 Å². The molecule has 1 aliphatic heterocycles. The van der Waals surface area contributed by atoms with Crippen LogP contribution >= 0.6 is 0 Å². The molecule has 1 aliphatic carbocycles. The summed E-state index contributed by atoms with van der Waals surface area (Å²) in [5.41, 5.74) is -0.724. The molecule has 1 saturated heterocycles. The Hall–Kier alpha value is -0.0800. The van der Waals surface area contributed by atoms with E-state index in [-0.39, 0.29) is 5.60 Å². The molecule has 0 bridgehead atoms. The smallest absolute Gasteiger partial charge is 0.117 e. The van der Waals surface area contributed by atoms with E-state index in [9.17, 15) is 5.11 Å². The largest absolute Gasteiger partial charge is 0.387 e. The number of hydrogen-bond acceptors (Lipinski definition) is 2. The summed E-state index contributed by atoms with van der Waals surface area (Å²) in [4.78, 5) is 0. The fourth-order valence-electron chi connectivity index (χ4n) is 2.40. The molecule has 2 rings (SSSR count). The summed E-state index contributed by atoms with van der Waals surface area (Å²) >= 11 is 0. The van der Waals surface area contributed by atoms with Crippen LogP contribution in [0.1, 0.15) is 51.9 Å². The molecule has 2 nitrogen and oxygen atoms in total. The number of ether oxygens (including phenoxy) is 1. The van der Waals surface area contributed by atoms with Crippen molar-refractivity contribution in [2.75, 3.05) is 6.61 Å². The monoisotopic (exact) mass is 184 g/mol. The standard InChI is InChI=1S/C11H20O2/c1-10(9-13-10)11(12)7-5-3-2-4-6-8-11/h12H,2-9H2,1H3/t10-/m0/s1. The normalized spacial score (nSPS) is 39.2. The summed E-state index contributed by atoms with van der Waals surface area (Å²) in [7, 11) is 0. The molecule has 2 aliphatic rings. The topological polar surface area (TPSA) is 32.8 Å². The van der Waals surface area contributed by atoms with Gasteiger partial charge in [-0.3, -0.25) is 0 Å². The second kappa shape index (κ2) is 3.25. The van der Waals surface area contributed by atoms with Crippen molar-refractivity contribution in [2.24, 2.45) is 0 Å². The van der Waals surface area contributed by atoms with E-state index in [1.54, 1.807) is 0 Å². The number of hydrogen-bond donors (Lipinski definition) is 1. The van der Waals surface area contributed by atoms with Crippen LogP contribution in [0.4, 0.5) is 0 Å². The van der Waals surface area contributed by atoms with E-state index in [1.165, 1.54) is 19.3 Å². The molecule has 1 heterocycles. The highest BCUT2D eigenvalue weighted by molar-refractivity contribution is 5.06. The van der Waals surface area contributed by atoms with Crippen LogP contribution in [0.25, 0.3) is 0 Å². The SMILES string of the molecule is C[C@@]1(C2(O)CCCCCCC2)CO1. The van der Waals surface area contributed by atoms with Gasteiger partial charge < -0.3 is 9.84 Å². The minimum Gasteiger partial charge on any atom is -0.387 e. The third-order valence-corrected chi connectivity index (χ3v) is 3.74. The van der Waals surface area contributed by atoms with E-state index in [0.29, 0.717) is 0 Å². The zero-order valence-electron chi connectivity index (χ0n) is 8.51. The lowest BCUT2D eigenvalue weighted by atomic mass is 9.78. The van der Waals surface area contributed by atoms with Gasteiger partial charge in [0.25, 0.3) is 0 Å². The van der Waals surface area contributed by atoms with Gasteiger partial charge in [-0.05, 0) is 19.8 Å². The predicted octanol–water partition coefficient (Wildman–Crippen LogP) is 2.25. The number of rotatable bonds is 1. The second-order valence-electron chi connectivity index (χ2n) is 4.82. The molecule has 13 heavy (non-hydrogen) atoms. The van der Waals surface area contributed by atoms with E-state index in [0.717, 1.165) is 32.3 Å². The van der Waals surface area contributed by atoms with Crippen LogP contribution in [0.3, 0.4) is 0 Å². The molecule has 1 saturated carbocycles. The van der Waals surface area contributed by atoms with Crippen LogP contribution in [0.2, 0.25) is 0 Å². The Morgan fingerprint density at radius 2 is 1.46 bits per heavy atom. The third-order valence-electron chi connectivity index (χ3n) is 3.74. The van der Waals surface area contributed by atoms with Gasteiger partial charge in [-0.25, -0.2) is 0 Å². The molecule has 0 radical (unpaired) electrons. The van der Waals surface area contributed by atoms with Crippen LogP contribution in [-0.2, 0) is 4.74 Å². The number of epoxide rings is 1. The van der Waals surface area contributed by atoms with Crippen LogP contribution in [0.5, 0.6) is 0 Å². The Kier molecular flexibility index (Phi) is 2.37. The molecule has 1 N–H and O–H groups in total. The quantitative estimate of drug-likeness (QED) is 0.634. The van der Waals surface area contributed by atoms with Gasteiger partial charge in [0.05, 0.1) is 12.2 Å². The lowest BCUT2D eigenvalue weighted by Gasteiger charge is -2.33. The van der Waals surface area contributed by atoms with E-state index in [4.69, 9.17) is 4.74 Å². The van der Waals surface area contributed by atoms with Gasteiger partial charge in [0, 0.05) is 0 Å². The van der Waals surface area contributed by atoms with Gasteiger partial charge in [0.1, 0.15) is 5.60 Å². The fraction of sp³-hybridized carbons (Fsp3) is 1.00. The molecule has 0 aromatic carbocycles. The predicted molar refractivity (Wildman–Crippen MR) is 51.6 cm³/mol. The van der Waals surface area contributed by atoms with E-state index in [2.05, 4.69) is 6.92 Å². The van der Waals surface area contributed by atoms with Gasteiger partial charge in [-0.15, -0.1) is 0 Å². The lowest BCUT2D eigenvalue weighted by Crippen LogP contribution is -2.44. The molecular weight excluding hydrogens is 164 g/mol. The highest BCUT2D eigenvalue weighted by atomic mass is 16.6. The summed E-state index contributed by atoms with van der Waals surface area (Å²) in [5.74, 6) is 0. The molecule has 1 atom stereocenters. The van der Waals surface area contributed by atoms with E-state index >= 15 is 0 Å². The Bertz CT molecular complexity index is 177. The minimum atomic E-state index is -0.520. The van der Waals surface area contributed by atoms with Gasteiger partial charge in [-0.1, -0.05) is 32.1 Å². The lowest BCUT2D eigenvalue weighted by molar-refractivity contribution is -0.0504. The van der Waals surface area contributed by atoms with Crippen molar-refractivity contribution in [2.45, 2.75) is 63.1 Å². The molecule has 76 valence electrons. The fourth-order valence-corrected chi connectivity index (χ4v) is 2.40. The van der Waals surface area contributed by atoms with Crippen molar-refractivity contribution in [1.29, 1.82) is 0 Å². The first kappa shape index (κ1) is 9.47. The van der Waals surface area contributed by atoms with Crippen LogP contribution in [-0.4, -0.2) is 22.9 Å². The molecule has 2 heteroatoms. The maximum absolute atomic E-state index is 10.5. The minimum absolute atomic E-state index is 0.204. The number of aliphatic hydroxyl groups is 1. The van der Waals surface area contributed by atoms with E-state index < -0.39 is 5.60 Å². The summed E-state index contributed by atoms with van der Waals surface area (Å²) in [6.07, 6.45) is 8.09. The van der Waals surface area contributed by atoms with Gasteiger partial charge in [0.2, 0.25) is 0 Å². The molecule has 2 fully saturated rings. The highest BCUT2D eigenvalue weighted by Crippen LogP contribution is 2.44. The summed E-state index contributed by atoms with van der Waals surface area (Å²) in [6, 6.07) is 0. The molecule has 0 spiro atoms. The highest BCUT2D eigenvalue weighted by Gasteiger charge is 2.56. The van der Waals surface area contributed by atoms with Gasteiger partial charge in [0.15, 0.2) is 0 Å². The molecule has 0 amide bonds. The van der Waals surface area contributed by atoms with Crippen molar-refractivity contribution >= 4 is 0 Å². The van der Waals surface area contributed by atoms with Crippen LogP contribution < -0.4 is 0 Å². The Morgan fingerprint density at radius 1 is 1.00 bits per heavy atom. The Balaban J connectivity index is 2.00. The molecule has 0 unspecified atom stereocenters. The maximum Gasteiger partial charge on any atom is 0.117 e. The van der Waals surface area contributed by atoms with Crippen molar-refractivity contribution in [3.63, 3.8) is 0 Å². The van der Waals surface area contributed by atoms with Crippen molar-refractivity contribution in [3.05, 3.63) is 0 Å². The van der Waals surface area contributed by atoms with Gasteiger partial charge >= 0.3 is 0 Å². The second-order valence-corrected chi connectivity index (χ2v) is 4.82. The summed E-state index contributed by atoms with van der Waals surface area (Å²) in [6.45, 7) is 2.80. The third kappa shape index (κ3) is 1.75. The molecular formula is C11H20O2. The first-order valence-electron chi connectivity index (χ1n) is 5.53. The Labute approximate surface area is 80.3 Å². The zero-order valence-corrected chi connectivity index (χ0v) is 8.51. The van der Waals surface area contributed by atoms with Crippen molar-refractivity contribution < 1.29 is 9.84 Å². The summed E-state index contributed by atoms with van der Waals surface area (Å²) < 4.78 is 5.38. The first-order chi connectivity index (χ1) is 6.16. The van der Waals surface area contributed by atoms with Gasteiger partial charge in [-0.2, -0.15) is 0 Å². The van der Waals surface area contributed by atoms with Crippen molar-refractivity contribution in [1.82, 2.24) is 0 Å². The zero-order chi connectivity index (χ0) is 9.36. The average Bonchev–Trinajstić information content (AvgIpc) is 2.78. The van der Waals surface area contributed by atoms with Crippen molar-refractivity contribution in [3.8, 4) is 0 Å². The maximum atomic E-state index is 10.5. The van der Waals surface area contributed by atoms with Crippen LogP contribution in [0.15, 0.2) is 0 Å².